The van der Waals surface area contributed by atoms with Gasteiger partial charge in [0.2, 0.25) is 5.52 Å². The molecule has 0 saturated carbocycles. The van der Waals surface area contributed by atoms with Crippen molar-refractivity contribution in [2.24, 2.45) is 11.7 Å². The van der Waals surface area contributed by atoms with Gasteiger partial charge in [-0.05, 0) is 25.8 Å². The summed E-state index contributed by atoms with van der Waals surface area (Å²) in [5, 5.41) is 17.3. The van der Waals surface area contributed by atoms with Gasteiger partial charge < -0.3 is 25.6 Å². The lowest BCUT2D eigenvalue weighted by Gasteiger charge is -2.19. The second kappa shape index (κ2) is 10.3. The maximum absolute atomic E-state index is 12.2. The third kappa shape index (κ3) is 8.01. The predicted octanol–water partition coefficient (Wildman–Crippen LogP) is 0.227. The fraction of sp³-hybridized carbons (Fsp3) is 0.600. The van der Waals surface area contributed by atoms with Gasteiger partial charge in [-0.3, -0.25) is 18.9 Å². The Morgan fingerprint density at radius 1 is 1.19 bits per heavy atom. The van der Waals surface area contributed by atoms with E-state index in [4.69, 9.17) is 20.7 Å². The number of carbonyl (C=O) groups excluding carboxylic acids is 2. The molecular formula is C15H24NO9P. The van der Waals surface area contributed by atoms with Gasteiger partial charge in [-0.25, -0.2) is 4.79 Å². The number of carboxylic acids is 2. The molecule has 0 radical (unpaired) electrons. The van der Waals surface area contributed by atoms with E-state index in [9.17, 15) is 28.6 Å². The first-order chi connectivity index (χ1) is 11.8. The Morgan fingerprint density at radius 2 is 1.73 bits per heavy atom. The molecule has 0 rings (SSSR count). The third-order valence-electron chi connectivity index (χ3n) is 3.49. The van der Waals surface area contributed by atoms with Crippen LogP contribution in [0.15, 0.2) is 11.6 Å². The largest absolute Gasteiger partial charge is 0.480 e. The van der Waals surface area contributed by atoms with E-state index in [1.54, 1.807) is 0 Å². The Labute approximate surface area is 150 Å². The molecule has 0 aliphatic carbocycles. The van der Waals surface area contributed by atoms with E-state index in [0.29, 0.717) is 0 Å². The average molecular weight is 393 g/mol. The van der Waals surface area contributed by atoms with Crippen molar-refractivity contribution in [3.63, 3.8) is 0 Å². The third-order valence-corrected chi connectivity index (χ3v) is 5.34. The fourth-order valence-electron chi connectivity index (χ4n) is 2.17. The van der Waals surface area contributed by atoms with Crippen molar-refractivity contribution in [1.82, 2.24) is 0 Å². The van der Waals surface area contributed by atoms with Gasteiger partial charge in [0.15, 0.2) is 5.78 Å². The zero-order valence-corrected chi connectivity index (χ0v) is 15.6. The summed E-state index contributed by atoms with van der Waals surface area (Å²) < 4.78 is 17.1. The van der Waals surface area contributed by atoms with Crippen LogP contribution in [0.2, 0.25) is 0 Å². The molecule has 5 N–H and O–H groups in total. The Hall–Kier alpha value is -1.87. The molecule has 26 heavy (non-hydrogen) atoms. The van der Waals surface area contributed by atoms with Gasteiger partial charge in [0.1, 0.15) is 18.8 Å². The van der Waals surface area contributed by atoms with Gasteiger partial charge in [0, 0.05) is 12.1 Å². The van der Waals surface area contributed by atoms with Crippen LogP contribution in [0.5, 0.6) is 0 Å². The topological polar surface area (TPSA) is 181 Å². The van der Waals surface area contributed by atoms with Gasteiger partial charge >= 0.3 is 11.9 Å². The van der Waals surface area contributed by atoms with Gasteiger partial charge in [-0.2, -0.15) is 0 Å². The minimum Gasteiger partial charge on any atom is -0.480 e. The van der Waals surface area contributed by atoms with Crippen molar-refractivity contribution in [2.75, 3.05) is 12.8 Å². The number of aliphatic carboxylic acids is 2. The maximum atomic E-state index is 12.2. The van der Waals surface area contributed by atoms with Crippen LogP contribution in [0, 0.1) is 5.92 Å². The van der Waals surface area contributed by atoms with Gasteiger partial charge in [-0.1, -0.05) is 13.0 Å². The summed E-state index contributed by atoms with van der Waals surface area (Å²) in [6.45, 7) is 3.25. The number of Topliss-reactive ketones (excluding diaryl/α,β-unsaturated/α-hetero) is 1. The average Bonchev–Trinajstić information content (AvgIpc) is 2.50. The Balaban J connectivity index is 5.15. The van der Waals surface area contributed by atoms with E-state index < -0.39 is 61.4 Å². The first-order valence-corrected chi connectivity index (χ1v) is 9.51. The first-order valence-electron chi connectivity index (χ1n) is 7.67. The number of hydrogen-bond donors (Lipinski definition) is 4. The standard InChI is InChI=1S/C15H24NO9P/c1-8(13(10(3)17)25-7-12(18)19)6-9(2)15(22)26(23,24)5-4-11(16)14(20)21/h6,8,11,13H,4-5,7,16H2,1-3H3,(H,18,19)(H,20,21)(H,23,24)/b9-6+. The highest BCUT2D eigenvalue weighted by molar-refractivity contribution is 7.76. The van der Waals surface area contributed by atoms with E-state index in [2.05, 4.69) is 0 Å². The molecule has 148 valence electrons. The monoisotopic (exact) mass is 393 g/mol. The predicted molar refractivity (Wildman–Crippen MR) is 90.9 cm³/mol. The van der Waals surface area contributed by atoms with E-state index in [1.165, 1.54) is 26.8 Å². The van der Waals surface area contributed by atoms with Crippen LogP contribution >= 0.6 is 7.37 Å². The van der Waals surface area contributed by atoms with Crippen LogP contribution in [0.25, 0.3) is 0 Å². The lowest BCUT2D eigenvalue weighted by atomic mass is 9.99. The number of ketones is 1. The summed E-state index contributed by atoms with van der Waals surface area (Å²) >= 11 is 0. The molecule has 0 amide bonds. The van der Waals surface area contributed by atoms with Crippen LogP contribution in [0.4, 0.5) is 0 Å². The number of hydrogen-bond acceptors (Lipinski definition) is 7. The molecule has 4 unspecified atom stereocenters. The lowest BCUT2D eigenvalue weighted by molar-refractivity contribution is -0.148. The molecule has 10 nitrogen and oxygen atoms in total. The number of nitrogens with two attached hydrogens (primary N) is 1. The molecule has 0 heterocycles. The number of allylic oxidation sites excluding steroid dienone is 1. The smallest absolute Gasteiger partial charge is 0.329 e. The van der Waals surface area contributed by atoms with E-state index in [-0.39, 0.29) is 12.0 Å². The highest BCUT2D eigenvalue weighted by Gasteiger charge is 2.32. The van der Waals surface area contributed by atoms with Crippen LogP contribution in [0.1, 0.15) is 27.2 Å². The summed E-state index contributed by atoms with van der Waals surface area (Å²) in [5.41, 5.74) is 4.06. The molecule has 0 aromatic rings. The normalized spacial score (nSPS) is 17.7. The minimum absolute atomic E-state index is 0.114. The molecule has 4 atom stereocenters. The fourth-order valence-corrected chi connectivity index (χ4v) is 3.63. The van der Waals surface area contributed by atoms with E-state index in [0.717, 1.165) is 0 Å². The first kappa shape index (κ1) is 24.1. The van der Waals surface area contributed by atoms with Crippen LogP contribution in [-0.4, -0.2) is 63.3 Å². The quantitative estimate of drug-likeness (QED) is 0.264. The Bertz CT molecular complexity index is 643. The van der Waals surface area contributed by atoms with Crippen LogP contribution in [0.3, 0.4) is 0 Å². The molecule has 0 spiro atoms. The van der Waals surface area contributed by atoms with Gasteiger partial charge in [-0.15, -0.1) is 0 Å². The van der Waals surface area contributed by atoms with Gasteiger partial charge in [0.05, 0.1) is 0 Å². The second-order valence-electron chi connectivity index (χ2n) is 5.91. The summed E-state index contributed by atoms with van der Waals surface area (Å²) in [7, 11) is -4.34. The van der Waals surface area contributed by atoms with Crippen molar-refractivity contribution in [3.8, 4) is 0 Å². The van der Waals surface area contributed by atoms with Crippen molar-refractivity contribution < 1.29 is 43.6 Å². The highest BCUT2D eigenvalue weighted by Crippen LogP contribution is 2.45. The van der Waals surface area contributed by atoms with Gasteiger partial charge in [0.25, 0.3) is 7.37 Å². The minimum atomic E-state index is -4.34. The summed E-state index contributed by atoms with van der Waals surface area (Å²) in [6, 6.07) is -1.36. The van der Waals surface area contributed by atoms with E-state index in [1.807, 2.05) is 0 Å². The van der Waals surface area contributed by atoms with Crippen molar-refractivity contribution >= 4 is 30.6 Å². The van der Waals surface area contributed by atoms with Crippen molar-refractivity contribution in [1.29, 1.82) is 0 Å². The summed E-state index contributed by atoms with van der Waals surface area (Å²) in [6.07, 6.45) is -0.830. The summed E-state index contributed by atoms with van der Waals surface area (Å²) in [5.74, 6) is -3.81. The van der Waals surface area contributed by atoms with Crippen LogP contribution in [-0.2, 0) is 28.5 Å². The lowest BCUT2D eigenvalue weighted by Crippen LogP contribution is -2.31. The zero-order valence-electron chi connectivity index (χ0n) is 14.7. The number of carbonyl (C=O) groups is 4. The van der Waals surface area contributed by atoms with E-state index >= 15 is 0 Å². The maximum Gasteiger partial charge on any atom is 0.329 e. The second-order valence-corrected chi connectivity index (χ2v) is 8.17. The van der Waals surface area contributed by atoms with Crippen LogP contribution < -0.4 is 5.73 Å². The molecule has 0 aliphatic rings. The molecular weight excluding hydrogens is 369 g/mol. The molecule has 0 fully saturated rings. The number of ether oxygens (including phenoxy) is 1. The molecule has 0 aromatic heterocycles. The molecule has 11 heteroatoms. The van der Waals surface area contributed by atoms with Crippen molar-refractivity contribution in [2.45, 2.75) is 39.3 Å². The highest BCUT2D eigenvalue weighted by atomic mass is 31.2. The molecule has 0 saturated heterocycles. The Kier molecular flexibility index (Phi) is 9.58. The zero-order chi connectivity index (χ0) is 20.7. The molecule has 0 aromatic carbocycles. The number of rotatable bonds is 12. The SMILES string of the molecule is CC(=O)C(OCC(=O)O)C(C)/C=C(\C)C(=O)P(=O)(O)CCC(N)C(=O)O. The van der Waals surface area contributed by atoms with Crippen molar-refractivity contribution in [3.05, 3.63) is 11.6 Å². The Morgan fingerprint density at radius 3 is 2.15 bits per heavy atom. The molecule has 0 bridgehead atoms. The number of carboxylic acid groups (broad SMARTS) is 2. The summed E-state index contributed by atoms with van der Waals surface area (Å²) in [4.78, 5) is 54.8. The molecule has 0 aliphatic heterocycles.